The van der Waals surface area contributed by atoms with Crippen molar-refractivity contribution in [2.75, 3.05) is 13.6 Å². The van der Waals surface area contributed by atoms with Gasteiger partial charge in [0.2, 0.25) is 15.9 Å². The molecule has 0 saturated heterocycles. The number of sulfonamides is 1. The van der Waals surface area contributed by atoms with E-state index in [-0.39, 0.29) is 42.7 Å². The van der Waals surface area contributed by atoms with Crippen LogP contribution in [0.15, 0.2) is 59.5 Å². The maximum atomic E-state index is 13.1. The minimum atomic E-state index is -3.77. The molecule has 0 aromatic heterocycles. The first-order valence-corrected chi connectivity index (χ1v) is 11.8. The molecule has 0 spiro atoms. The van der Waals surface area contributed by atoms with Crippen molar-refractivity contribution < 1.29 is 27.1 Å². The number of esters is 1. The van der Waals surface area contributed by atoms with Gasteiger partial charge in [0.15, 0.2) is 0 Å². The molecule has 1 unspecified atom stereocenters. The molecular weight excluding hydrogens is 435 g/mol. The van der Waals surface area contributed by atoms with Gasteiger partial charge in [0.1, 0.15) is 5.82 Å². The summed E-state index contributed by atoms with van der Waals surface area (Å²) in [5.74, 6) is -1.24. The van der Waals surface area contributed by atoms with Gasteiger partial charge in [0.05, 0.1) is 23.5 Å². The number of benzene rings is 2. The zero-order valence-electron chi connectivity index (χ0n) is 18.5. The van der Waals surface area contributed by atoms with Crippen molar-refractivity contribution in [2.45, 2.75) is 50.2 Å². The second-order valence-corrected chi connectivity index (χ2v) is 9.70. The standard InChI is InChI=1S/C23H29FN2O5S/c1-17(2)31-23(28)16-21(18-8-5-4-6-9-18)25-22(27)10-7-15-26(3)32(29,30)20-13-11-19(24)12-14-20/h4-6,8-9,11-14,17,21H,7,10,15-16H2,1-3H3,(H,25,27). The smallest absolute Gasteiger partial charge is 0.308 e. The summed E-state index contributed by atoms with van der Waals surface area (Å²) in [5, 5.41) is 2.84. The molecule has 32 heavy (non-hydrogen) atoms. The molecule has 2 aromatic carbocycles. The Bertz CT molecular complexity index is 995. The molecule has 1 atom stereocenters. The van der Waals surface area contributed by atoms with Crippen LogP contribution in [0.2, 0.25) is 0 Å². The van der Waals surface area contributed by atoms with Crippen LogP contribution in [-0.2, 0) is 24.3 Å². The van der Waals surface area contributed by atoms with Crippen LogP contribution in [0.5, 0.6) is 0 Å². The molecule has 2 aromatic rings. The van der Waals surface area contributed by atoms with Crippen molar-refractivity contribution in [2.24, 2.45) is 0 Å². The molecule has 7 nitrogen and oxygen atoms in total. The molecule has 0 aliphatic heterocycles. The van der Waals surface area contributed by atoms with Crippen molar-refractivity contribution in [3.05, 3.63) is 66.0 Å². The number of nitrogens with one attached hydrogen (secondary N) is 1. The van der Waals surface area contributed by atoms with Gasteiger partial charge in [0.25, 0.3) is 0 Å². The van der Waals surface area contributed by atoms with Crippen molar-refractivity contribution in [3.8, 4) is 0 Å². The van der Waals surface area contributed by atoms with E-state index in [1.54, 1.807) is 13.8 Å². The molecule has 2 rings (SSSR count). The minimum absolute atomic E-state index is 0.00716. The molecule has 0 bridgehead atoms. The monoisotopic (exact) mass is 464 g/mol. The van der Waals surface area contributed by atoms with Gasteiger partial charge in [-0.3, -0.25) is 9.59 Å². The average molecular weight is 465 g/mol. The highest BCUT2D eigenvalue weighted by Crippen LogP contribution is 2.19. The number of rotatable bonds is 11. The first kappa shape index (κ1) is 25.5. The third-order valence-corrected chi connectivity index (χ3v) is 6.54. The zero-order valence-corrected chi connectivity index (χ0v) is 19.3. The quantitative estimate of drug-likeness (QED) is 0.515. The Morgan fingerprint density at radius 3 is 2.28 bits per heavy atom. The van der Waals surface area contributed by atoms with Crippen LogP contribution in [0.3, 0.4) is 0 Å². The Labute approximate surface area is 188 Å². The van der Waals surface area contributed by atoms with E-state index in [0.29, 0.717) is 0 Å². The maximum absolute atomic E-state index is 13.1. The Hall–Kier alpha value is -2.78. The highest BCUT2D eigenvalue weighted by Gasteiger charge is 2.22. The Morgan fingerprint density at radius 1 is 1.06 bits per heavy atom. The van der Waals surface area contributed by atoms with Gasteiger partial charge >= 0.3 is 5.97 Å². The Kier molecular flexibility index (Phi) is 9.34. The SMILES string of the molecule is CC(C)OC(=O)CC(NC(=O)CCCN(C)S(=O)(=O)c1ccc(F)cc1)c1ccccc1. The van der Waals surface area contributed by atoms with E-state index in [2.05, 4.69) is 5.32 Å². The van der Waals surface area contributed by atoms with E-state index in [1.165, 1.54) is 19.2 Å². The lowest BCUT2D eigenvalue weighted by Crippen LogP contribution is -2.32. The molecule has 1 amide bonds. The molecule has 0 saturated carbocycles. The number of hydrogen-bond donors (Lipinski definition) is 1. The normalized spacial score (nSPS) is 12.6. The first-order chi connectivity index (χ1) is 15.1. The third-order valence-electron chi connectivity index (χ3n) is 4.67. The van der Waals surface area contributed by atoms with Gasteiger partial charge in [0, 0.05) is 20.0 Å². The lowest BCUT2D eigenvalue weighted by atomic mass is 10.0. The first-order valence-electron chi connectivity index (χ1n) is 10.3. The van der Waals surface area contributed by atoms with Crippen LogP contribution in [0.4, 0.5) is 4.39 Å². The van der Waals surface area contributed by atoms with Crippen molar-refractivity contribution in [1.29, 1.82) is 0 Å². The van der Waals surface area contributed by atoms with E-state index < -0.39 is 27.9 Å². The topological polar surface area (TPSA) is 92.8 Å². The van der Waals surface area contributed by atoms with E-state index in [0.717, 1.165) is 22.0 Å². The number of hydrogen-bond acceptors (Lipinski definition) is 5. The number of carbonyl (C=O) groups is 2. The highest BCUT2D eigenvalue weighted by molar-refractivity contribution is 7.89. The number of amides is 1. The molecule has 174 valence electrons. The number of halogens is 1. The molecular formula is C23H29FN2O5S. The van der Waals surface area contributed by atoms with Gasteiger partial charge in [-0.25, -0.2) is 17.1 Å². The van der Waals surface area contributed by atoms with Gasteiger partial charge in [-0.15, -0.1) is 0 Å². The van der Waals surface area contributed by atoms with Gasteiger partial charge < -0.3 is 10.1 Å². The summed E-state index contributed by atoms with van der Waals surface area (Å²) in [4.78, 5) is 24.6. The van der Waals surface area contributed by atoms with E-state index in [9.17, 15) is 22.4 Å². The molecule has 0 aliphatic carbocycles. The Morgan fingerprint density at radius 2 is 1.69 bits per heavy atom. The van der Waals surface area contributed by atoms with Gasteiger partial charge in [-0.1, -0.05) is 30.3 Å². The predicted octanol–water partition coefficient (Wildman–Crippen LogP) is 3.43. The van der Waals surface area contributed by atoms with Crippen LogP contribution < -0.4 is 5.32 Å². The van der Waals surface area contributed by atoms with Crippen LogP contribution in [0, 0.1) is 5.82 Å². The van der Waals surface area contributed by atoms with Gasteiger partial charge in [-0.05, 0) is 50.1 Å². The molecule has 0 radical (unpaired) electrons. The van der Waals surface area contributed by atoms with Crippen molar-refractivity contribution >= 4 is 21.9 Å². The lowest BCUT2D eigenvalue weighted by molar-refractivity contribution is -0.148. The fourth-order valence-electron chi connectivity index (χ4n) is 3.05. The molecule has 9 heteroatoms. The van der Waals surface area contributed by atoms with E-state index >= 15 is 0 Å². The highest BCUT2D eigenvalue weighted by atomic mass is 32.2. The summed E-state index contributed by atoms with van der Waals surface area (Å²) < 4.78 is 44.5. The van der Waals surface area contributed by atoms with Crippen LogP contribution in [-0.4, -0.2) is 44.3 Å². The lowest BCUT2D eigenvalue weighted by Gasteiger charge is -2.20. The average Bonchev–Trinajstić information content (AvgIpc) is 2.73. The summed E-state index contributed by atoms with van der Waals surface area (Å²) in [7, 11) is -2.37. The molecule has 0 fully saturated rings. The summed E-state index contributed by atoms with van der Waals surface area (Å²) in [6.07, 6.45) is 0.0903. The summed E-state index contributed by atoms with van der Waals surface area (Å²) >= 11 is 0. The van der Waals surface area contributed by atoms with Crippen LogP contribution in [0.1, 0.15) is 44.7 Å². The summed E-state index contributed by atoms with van der Waals surface area (Å²) in [6.45, 7) is 3.62. The summed E-state index contributed by atoms with van der Waals surface area (Å²) in [5.41, 5.74) is 0.776. The van der Waals surface area contributed by atoms with Crippen molar-refractivity contribution in [1.82, 2.24) is 9.62 Å². The maximum Gasteiger partial charge on any atom is 0.308 e. The van der Waals surface area contributed by atoms with Crippen LogP contribution in [0.25, 0.3) is 0 Å². The predicted molar refractivity (Wildman–Crippen MR) is 119 cm³/mol. The van der Waals surface area contributed by atoms with Gasteiger partial charge in [-0.2, -0.15) is 0 Å². The fourth-order valence-corrected chi connectivity index (χ4v) is 4.26. The molecule has 0 heterocycles. The van der Waals surface area contributed by atoms with E-state index in [1.807, 2.05) is 30.3 Å². The number of nitrogens with zero attached hydrogens (tertiary/aromatic N) is 1. The minimum Gasteiger partial charge on any atom is -0.463 e. The third kappa shape index (κ3) is 7.72. The zero-order chi connectivity index (χ0) is 23.7. The number of carbonyl (C=O) groups excluding carboxylic acids is 2. The van der Waals surface area contributed by atoms with Crippen molar-refractivity contribution in [3.63, 3.8) is 0 Å². The number of ether oxygens (including phenoxy) is 1. The second-order valence-electron chi connectivity index (χ2n) is 7.66. The van der Waals surface area contributed by atoms with Crippen LogP contribution >= 0.6 is 0 Å². The van der Waals surface area contributed by atoms with E-state index in [4.69, 9.17) is 4.74 Å². The molecule has 1 N–H and O–H groups in total. The largest absolute Gasteiger partial charge is 0.463 e. The Balaban J connectivity index is 1.93. The fraction of sp³-hybridized carbons (Fsp3) is 0.391. The molecule has 0 aliphatic rings. The summed E-state index contributed by atoms with van der Waals surface area (Å²) in [6, 6.07) is 13.1. The second kappa shape index (κ2) is 11.7.